The number of rotatable bonds is 6. The molecule has 1 saturated heterocycles. The second-order valence-electron chi connectivity index (χ2n) is 10.5. The lowest BCUT2D eigenvalue weighted by molar-refractivity contribution is 0.210. The van der Waals surface area contributed by atoms with Crippen LogP contribution in [-0.2, 0) is 6.54 Å². The average molecular weight is 484 g/mol. The molecule has 0 unspecified atom stereocenters. The highest BCUT2D eigenvalue weighted by atomic mass is 15.2. The number of aromatic amines is 1. The van der Waals surface area contributed by atoms with Crippen LogP contribution in [0.2, 0.25) is 0 Å². The van der Waals surface area contributed by atoms with Crippen LogP contribution in [0, 0.1) is 41.5 Å². The Balaban J connectivity index is 1.29. The lowest BCUT2D eigenvalue weighted by Crippen LogP contribution is -2.39. The maximum Gasteiger partial charge on any atom is 0.227 e. The van der Waals surface area contributed by atoms with Gasteiger partial charge in [-0.15, -0.1) is 0 Å². The molecule has 1 aliphatic rings. The van der Waals surface area contributed by atoms with Gasteiger partial charge >= 0.3 is 0 Å². The van der Waals surface area contributed by atoms with E-state index in [-0.39, 0.29) is 0 Å². The maximum absolute atomic E-state index is 4.87. The molecule has 2 aromatic carbocycles. The number of imidazole rings is 1. The molecule has 2 aromatic heterocycles. The monoisotopic (exact) mass is 483 g/mol. The molecule has 0 spiro atoms. The first-order valence-corrected chi connectivity index (χ1v) is 12.9. The van der Waals surface area contributed by atoms with Crippen molar-refractivity contribution in [1.29, 1.82) is 0 Å². The van der Waals surface area contributed by atoms with Gasteiger partial charge in [0.2, 0.25) is 5.95 Å². The predicted octanol–water partition coefficient (Wildman–Crippen LogP) is 6.02. The number of benzene rings is 2. The summed E-state index contributed by atoms with van der Waals surface area (Å²) in [7, 11) is 0. The van der Waals surface area contributed by atoms with Gasteiger partial charge in [-0.2, -0.15) is 9.97 Å². The van der Waals surface area contributed by atoms with Crippen molar-refractivity contribution >= 4 is 28.6 Å². The Bertz CT molecular complexity index is 1350. The van der Waals surface area contributed by atoms with Gasteiger partial charge < -0.3 is 15.6 Å². The fraction of sp³-hybridized carbons (Fsp3) is 0.414. The number of nitrogens with one attached hydrogen (secondary N) is 3. The summed E-state index contributed by atoms with van der Waals surface area (Å²) in [5, 5.41) is 7.15. The third kappa shape index (κ3) is 5.07. The fourth-order valence-corrected chi connectivity index (χ4v) is 5.58. The van der Waals surface area contributed by atoms with E-state index in [9.17, 15) is 0 Å². The maximum atomic E-state index is 4.87. The number of piperidine rings is 1. The number of hydrogen-bond donors (Lipinski definition) is 3. The van der Waals surface area contributed by atoms with Crippen LogP contribution in [0.1, 0.15) is 51.8 Å². The molecule has 0 atom stereocenters. The second-order valence-corrected chi connectivity index (χ2v) is 10.5. The third-order valence-electron chi connectivity index (χ3n) is 7.35. The zero-order valence-corrected chi connectivity index (χ0v) is 22.3. The molecular formula is C29H37N7. The van der Waals surface area contributed by atoms with Crippen molar-refractivity contribution in [2.75, 3.05) is 23.7 Å². The van der Waals surface area contributed by atoms with Gasteiger partial charge in [0, 0.05) is 31.4 Å². The van der Waals surface area contributed by atoms with E-state index in [1.807, 2.05) is 0 Å². The molecule has 0 amide bonds. The summed E-state index contributed by atoms with van der Waals surface area (Å²) < 4.78 is 0. The summed E-state index contributed by atoms with van der Waals surface area (Å²) in [6.45, 7) is 16.1. The summed E-state index contributed by atoms with van der Waals surface area (Å²) in [4.78, 5) is 19.7. The van der Waals surface area contributed by atoms with Gasteiger partial charge in [0.25, 0.3) is 0 Å². The van der Waals surface area contributed by atoms with Gasteiger partial charge in [-0.1, -0.05) is 35.4 Å². The molecule has 0 saturated carbocycles. The molecule has 4 aromatic rings. The van der Waals surface area contributed by atoms with E-state index in [0.29, 0.717) is 17.6 Å². The minimum absolute atomic E-state index is 0.341. The Morgan fingerprint density at radius 3 is 2.11 bits per heavy atom. The van der Waals surface area contributed by atoms with Crippen molar-refractivity contribution in [1.82, 2.24) is 24.8 Å². The third-order valence-corrected chi connectivity index (χ3v) is 7.35. The highest BCUT2D eigenvalue weighted by Crippen LogP contribution is 2.29. The quantitative estimate of drug-likeness (QED) is 0.311. The Labute approximate surface area is 213 Å². The first-order valence-electron chi connectivity index (χ1n) is 12.9. The number of anilines is 3. The first kappa shape index (κ1) is 24.3. The molecule has 0 bridgehead atoms. The van der Waals surface area contributed by atoms with Crippen molar-refractivity contribution in [3.63, 3.8) is 0 Å². The zero-order chi connectivity index (χ0) is 25.4. The van der Waals surface area contributed by atoms with Crippen molar-refractivity contribution < 1.29 is 0 Å². The van der Waals surface area contributed by atoms with Crippen molar-refractivity contribution in [3.05, 3.63) is 69.5 Å². The molecule has 0 radical (unpaired) electrons. The Morgan fingerprint density at radius 2 is 1.47 bits per heavy atom. The normalized spacial score (nSPS) is 14.9. The summed E-state index contributed by atoms with van der Waals surface area (Å²) in [6, 6.07) is 9.31. The van der Waals surface area contributed by atoms with Crippen LogP contribution in [-0.4, -0.2) is 44.0 Å². The van der Waals surface area contributed by atoms with E-state index in [4.69, 9.17) is 9.97 Å². The van der Waals surface area contributed by atoms with Crippen LogP contribution in [0.3, 0.4) is 0 Å². The minimum atomic E-state index is 0.341. The van der Waals surface area contributed by atoms with Gasteiger partial charge in [-0.25, -0.2) is 4.98 Å². The molecule has 1 aliphatic heterocycles. The smallest absolute Gasteiger partial charge is 0.227 e. The van der Waals surface area contributed by atoms with E-state index in [2.05, 4.69) is 91.3 Å². The Kier molecular flexibility index (Phi) is 6.67. The van der Waals surface area contributed by atoms with Gasteiger partial charge in [0.05, 0.1) is 6.33 Å². The Hall–Kier alpha value is -3.45. The van der Waals surface area contributed by atoms with Gasteiger partial charge in [-0.3, -0.25) is 4.90 Å². The van der Waals surface area contributed by atoms with Crippen molar-refractivity contribution in [3.8, 4) is 0 Å². The number of fused-ring (bicyclic) bond motifs is 1. The molecule has 7 nitrogen and oxygen atoms in total. The van der Waals surface area contributed by atoms with Crippen LogP contribution in [0.15, 0.2) is 30.6 Å². The number of likely N-dealkylation sites (tertiary alicyclic amines) is 1. The number of aryl methyl sites for hydroxylation is 6. The number of aromatic nitrogens is 4. The molecule has 7 heteroatoms. The van der Waals surface area contributed by atoms with E-state index in [0.717, 1.165) is 49.5 Å². The molecule has 5 rings (SSSR count). The molecule has 0 aliphatic carbocycles. The fourth-order valence-electron chi connectivity index (χ4n) is 5.58. The lowest BCUT2D eigenvalue weighted by Gasteiger charge is -2.33. The van der Waals surface area contributed by atoms with Crippen molar-refractivity contribution in [2.24, 2.45) is 0 Å². The molecule has 1 fully saturated rings. The van der Waals surface area contributed by atoms with Crippen LogP contribution in [0.5, 0.6) is 0 Å². The van der Waals surface area contributed by atoms with Gasteiger partial charge in [0.15, 0.2) is 11.5 Å². The van der Waals surface area contributed by atoms with Gasteiger partial charge in [0.1, 0.15) is 5.52 Å². The summed E-state index contributed by atoms with van der Waals surface area (Å²) >= 11 is 0. The number of hydrogen-bond acceptors (Lipinski definition) is 6. The van der Waals surface area contributed by atoms with E-state index < -0.39 is 0 Å². The van der Waals surface area contributed by atoms with E-state index in [1.165, 1.54) is 38.9 Å². The topological polar surface area (TPSA) is 81.8 Å². The lowest BCUT2D eigenvalue weighted by atomic mass is 9.98. The highest BCUT2D eigenvalue weighted by Gasteiger charge is 2.22. The van der Waals surface area contributed by atoms with E-state index >= 15 is 0 Å². The summed E-state index contributed by atoms with van der Waals surface area (Å²) in [5.41, 5.74) is 11.8. The highest BCUT2D eigenvalue weighted by molar-refractivity contribution is 5.87. The predicted molar refractivity (Wildman–Crippen MR) is 148 cm³/mol. The standard InChI is InChI=1S/C29H37N7/c1-17-11-19(3)24(20(4)12-17)15-36-9-7-23(8-10-36)32-29-34-27-26(30-16-31-27)28(35-29)33-25-21(5)13-18(2)14-22(25)6/h11-14,16,23H,7-10,15H2,1-6H3,(H3,30,31,32,33,34,35). The largest absolute Gasteiger partial charge is 0.351 e. The summed E-state index contributed by atoms with van der Waals surface area (Å²) in [6.07, 6.45) is 3.80. The van der Waals surface area contributed by atoms with Crippen molar-refractivity contribution in [2.45, 2.75) is 67.0 Å². The minimum Gasteiger partial charge on any atom is -0.351 e. The molecule has 36 heavy (non-hydrogen) atoms. The Morgan fingerprint density at radius 1 is 0.861 bits per heavy atom. The van der Waals surface area contributed by atoms with E-state index in [1.54, 1.807) is 6.33 Å². The second kappa shape index (κ2) is 9.90. The number of H-pyrrole nitrogens is 1. The molecular weight excluding hydrogens is 446 g/mol. The molecule has 3 N–H and O–H groups in total. The van der Waals surface area contributed by atoms with Crippen LogP contribution >= 0.6 is 0 Å². The van der Waals surface area contributed by atoms with Crippen LogP contribution in [0.25, 0.3) is 11.2 Å². The van der Waals surface area contributed by atoms with Gasteiger partial charge in [-0.05, 0) is 82.2 Å². The van der Waals surface area contributed by atoms with Crippen LogP contribution < -0.4 is 10.6 Å². The zero-order valence-electron chi connectivity index (χ0n) is 22.3. The summed E-state index contributed by atoms with van der Waals surface area (Å²) in [5.74, 6) is 1.38. The SMILES string of the molecule is Cc1cc(C)c(CN2CCC(Nc3nc(Nc4c(C)cc(C)cc4C)c4[nH]cnc4n3)CC2)c(C)c1. The molecule has 188 valence electrons. The molecule has 3 heterocycles. The average Bonchev–Trinajstić information content (AvgIpc) is 3.28. The van der Waals surface area contributed by atoms with Crippen LogP contribution in [0.4, 0.5) is 17.5 Å². The first-order chi connectivity index (χ1) is 17.3. The number of nitrogens with zero attached hydrogens (tertiary/aromatic N) is 4.